The zero-order valence-corrected chi connectivity index (χ0v) is 13.5. The largest absolute Gasteiger partial charge is 0.493 e. The number of benzene rings is 1. The van der Waals surface area contributed by atoms with Crippen LogP contribution in [0.4, 0.5) is 0 Å². The zero-order chi connectivity index (χ0) is 15.8. The highest BCUT2D eigenvalue weighted by Gasteiger charge is 2.14. The minimum Gasteiger partial charge on any atom is -0.493 e. The van der Waals surface area contributed by atoms with Crippen molar-refractivity contribution >= 4 is 22.0 Å². The van der Waals surface area contributed by atoms with E-state index in [1.807, 2.05) is 18.2 Å². The monoisotopic (exact) mass is 362 g/mol. The van der Waals surface area contributed by atoms with E-state index in [2.05, 4.69) is 15.9 Å². The summed E-state index contributed by atoms with van der Waals surface area (Å²) in [6.07, 6.45) is 2.83. The molecular weight excluding hydrogens is 348 g/mol. The van der Waals surface area contributed by atoms with Crippen LogP contribution in [0.25, 0.3) is 6.08 Å². The summed E-state index contributed by atoms with van der Waals surface area (Å²) in [6.45, 7) is 1.86. The third-order valence-electron chi connectivity index (χ3n) is 3.02. The minimum atomic E-state index is -0.225. The molecule has 114 valence electrons. The van der Waals surface area contributed by atoms with Crippen LogP contribution in [0.15, 0.2) is 28.2 Å². The Hall–Kier alpha value is -1.86. The summed E-state index contributed by atoms with van der Waals surface area (Å²) in [4.78, 5) is 0. The number of hydrogen-bond acceptors (Lipinski definition) is 5. The average Bonchev–Trinajstić information content (AvgIpc) is 2.55. The van der Waals surface area contributed by atoms with E-state index in [0.717, 1.165) is 10.9 Å². The molecule has 0 aliphatic carbocycles. The fourth-order valence-corrected chi connectivity index (χ4v) is 2.36. The molecule has 1 heterocycles. The van der Waals surface area contributed by atoms with Gasteiger partial charge < -0.3 is 14.2 Å². The Morgan fingerprint density at radius 1 is 1.32 bits per heavy atom. The van der Waals surface area contributed by atoms with Gasteiger partial charge in [-0.2, -0.15) is 10.5 Å². The van der Waals surface area contributed by atoms with Crippen molar-refractivity contribution < 1.29 is 14.2 Å². The van der Waals surface area contributed by atoms with Gasteiger partial charge in [-0.15, -0.1) is 0 Å². The first-order valence-corrected chi connectivity index (χ1v) is 7.69. The first-order valence-electron chi connectivity index (χ1n) is 6.90. The number of hydrogen-bond donors (Lipinski definition) is 0. The topological polar surface area (TPSA) is 75.3 Å². The number of rotatable bonds is 5. The van der Waals surface area contributed by atoms with Crippen molar-refractivity contribution in [2.24, 2.45) is 0 Å². The Bertz CT molecular complexity index is 609. The second-order valence-corrected chi connectivity index (χ2v) is 5.54. The van der Waals surface area contributed by atoms with Crippen LogP contribution in [0, 0.1) is 22.7 Å². The van der Waals surface area contributed by atoms with Crippen LogP contribution in [0.3, 0.4) is 0 Å². The Kier molecular flexibility index (Phi) is 6.42. The molecule has 22 heavy (non-hydrogen) atoms. The Morgan fingerprint density at radius 2 is 2.05 bits per heavy atom. The van der Waals surface area contributed by atoms with Crippen LogP contribution in [0.1, 0.15) is 18.4 Å². The molecular formula is C16H15BrN2O3. The number of ether oxygens (including phenoxy) is 3. The van der Waals surface area contributed by atoms with E-state index in [9.17, 15) is 0 Å². The highest BCUT2D eigenvalue weighted by molar-refractivity contribution is 9.10. The standard InChI is InChI=1S/C16H15BrN2O3/c17-14-2-3-15(13(9-14)8-12(10-18)11-19)20-7-4-16-21-5-1-6-22-16/h2-3,8-9,16H,1,4-7H2. The number of nitrogens with zero attached hydrogens (tertiary/aromatic N) is 2. The molecule has 1 aromatic rings. The fourth-order valence-electron chi connectivity index (χ4n) is 1.98. The predicted molar refractivity (Wildman–Crippen MR) is 83.8 cm³/mol. The average molecular weight is 363 g/mol. The molecule has 0 unspecified atom stereocenters. The Balaban J connectivity index is 2.02. The molecule has 0 spiro atoms. The molecule has 1 aliphatic heterocycles. The van der Waals surface area contributed by atoms with E-state index in [-0.39, 0.29) is 11.9 Å². The maximum atomic E-state index is 8.87. The highest BCUT2D eigenvalue weighted by Crippen LogP contribution is 2.26. The summed E-state index contributed by atoms with van der Waals surface area (Å²) < 4.78 is 17.5. The molecule has 0 saturated carbocycles. The van der Waals surface area contributed by atoms with Crippen molar-refractivity contribution in [1.82, 2.24) is 0 Å². The normalized spacial score (nSPS) is 14.7. The van der Waals surface area contributed by atoms with Crippen LogP contribution in [0.2, 0.25) is 0 Å². The molecule has 0 radical (unpaired) electrons. The summed E-state index contributed by atoms with van der Waals surface area (Å²) in [6, 6.07) is 9.13. The smallest absolute Gasteiger partial charge is 0.160 e. The van der Waals surface area contributed by atoms with Gasteiger partial charge in [-0.25, -0.2) is 0 Å². The minimum absolute atomic E-state index is 0.0295. The summed E-state index contributed by atoms with van der Waals surface area (Å²) in [5, 5.41) is 17.7. The quantitative estimate of drug-likeness (QED) is 0.750. The summed E-state index contributed by atoms with van der Waals surface area (Å²) in [7, 11) is 0. The lowest BCUT2D eigenvalue weighted by Gasteiger charge is -2.23. The first-order chi connectivity index (χ1) is 10.7. The maximum Gasteiger partial charge on any atom is 0.160 e. The van der Waals surface area contributed by atoms with E-state index in [0.29, 0.717) is 37.6 Å². The van der Waals surface area contributed by atoms with Crippen molar-refractivity contribution in [2.45, 2.75) is 19.1 Å². The number of nitriles is 2. The third kappa shape index (κ3) is 4.85. The Labute approximate surface area is 137 Å². The van der Waals surface area contributed by atoms with E-state index >= 15 is 0 Å². The molecule has 1 aromatic carbocycles. The van der Waals surface area contributed by atoms with Gasteiger partial charge in [-0.1, -0.05) is 15.9 Å². The van der Waals surface area contributed by atoms with Gasteiger partial charge in [-0.3, -0.25) is 0 Å². The summed E-state index contributed by atoms with van der Waals surface area (Å²) in [5.74, 6) is 0.613. The van der Waals surface area contributed by atoms with Crippen molar-refractivity contribution in [3.63, 3.8) is 0 Å². The molecule has 0 N–H and O–H groups in total. The second kappa shape index (κ2) is 8.55. The number of halogens is 1. The SMILES string of the molecule is N#CC(C#N)=Cc1cc(Br)ccc1OCCC1OCCCO1. The molecule has 0 amide bonds. The molecule has 0 aromatic heterocycles. The summed E-state index contributed by atoms with van der Waals surface area (Å²) >= 11 is 3.37. The van der Waals surface area contributed by atoms with Crippen molar-refractivity contribution in [1.29, 1.82) is 10.5 Å². The fraction of sp³-hybridized carbons (Fsp3) is 0.375. The zero-order valence-electron chi connectivity index (χ0n) is 11.9. The third-order valence-corrected chi connectivity index (χ3v) is 3.51. The molecule has 2 rings (SSSR count). The van der Waals surface area contributed by atoms with E-state index in [1.54, 1.807) is 12.1 Å². The molecule has 1 fully saturated rings. The van der Waals surface area contributed by atoms with Crippen LogP contribution in [-0.4, -0.2) is 26.1 Å². The van der Waals surface area contributed by atoms with Gasteiger partial charge >= 0.3 is 0 Å². The lowest BCUT2D eigenvalue weighted by molar-refractivity contribution is -0.183. The molecule has 1 aliphatic rings. The molecule has 0 atom stereocenters. The van der Waals surface area contributed by atoms with Gasteiger partial charge in [0.15, 0.2) is 6.29 Å². The van der Waals surface area contributed by atoms with Gasteiger partial charge in [0.2, 0.25) is 0 Å². The van der Waals surface area contributed by atoms with Crippen LogP contribution >= 0.6 is 15.9 Å². The second-order valence-electron chi connectivity index (χ2n) is 4.63. The van der Waals surface area contributed by atoms with Crippen LogP contribution in [-0.2, 0) is 9.47 Å². The molecule has 1 saturated heterocycles. The van der Waals surface area contributed by atoms with Gasteiger partial charge in [0.05, 0.1) is 19.8 Å². The van der Waals surface area contributed by atoms with Gasteiger partial charge in [0, 0.05) is 16.5 Å². The lowest BCUT2D eigenvalue weighted by Crippen LogP contribution is -2.26. The van der Waals surface area contributed by atoms with Crippen molar-refractivity contribution in [2.75, 3.05) is 19.8 Å². The van der Waals surface area contributed by atoms with E-state index in [4.69, 9.17) is 24.7 Å². The molecule has 0 bridgehead atoms. The van der Waals surface area contributed by atoms with Gasteiger partial charge in [0.25, 0.3) is 0 Å². The lowest BCUT2D eigenvalue weighted by atomic mass is 10.1. The van der Waals surface area contributed by atoms with Gasteiger partial charge in [-0.05, 0) is 30.7 Å². The van der Waals surface area contributed by atoms with E-state index in [1.165, 1.54) is 6.08 Å². The van der Waals surface area contributed by atoms with E-state index < -0.39 is 0 Å². The Morgan fingerprint density at radius 3 is 2.73 bits per heavy atom. The highest BCUT2D eigenvalue weighted by atomic mass is 79.9. The van der Waals surface area contributed by atoms with Gasteiger partial charge in [0.1, 0.15) is 23.5 Å². The van der Waals surface area contributed by atoms with Crippen molar-refractivity contribution in [3.05, 3.63) is 33.8 Å². The van der Waals surface area contributed by atoms with Crippen LogP contribution < -0.4 is 4.74 Å². The van der Waals surface area contributed by atoms with Crippen molar-refractivity contribution in [3.8, 4) is 17.9 Å². The summed E-state index contributed by atoms with van der Waals surface area (Å²) in [5.41, 5.74) is 0.708. The number of allylic oxidation sites excluding steroid dienone is 1. The molecule has 6 heteroatoms. The first kappa shape index (κ1) is 16.5. The predicted octanol–water partition coefficient (Wildman–Crippen LogP) is 3.41. The maximum absolute atomic E-state index is 8.87. The van der Waals surface area contributed by atoms with Crippen LogP contribution in [0.5, 0.6) is 5.75 Å². The molecule has 5 nitrogen and oxygen atoms in total.